The number of aryl methyl sites for hydroxylation is 1. The second-order valence-corrected chi connectivity index (χ2v) is 11.4. The van der Waals surface area contributed by atoms with Crippen molar-refractivity contribution >= 4 is 39.6 Å². The van der Waals surface area contributed by atoms with Crippen LogP contribution in [0.3, 0.4) is 0 Å². The van der Waals surface area contributed by atoms with Crippen LogP contribution in [0.1, 0.15) is 42.6 Å². The van der Waals surface area contributed by atoms with Crippen LogP contribution in [0, 0.1) is 6.92 Å². The topological polar surface area (TPSA) is 114 Å². The van der Waals surface area contributed by atoms with Crippen LogP contribution < -0.4 is 16.4 Å². The van der Waals surface area contributed by atoms with E-state index in [1.165, 1.54) is 11.1 Å². The second-order valence-electron chi connectivity index (χ2n) is 10.1. The summed E-state index contributed by atoms with van der Waals surface area (Å²) in [5.74, 6) is 0.948. The Kier molecular flexibility index (Phi) is 7.35. The van der Waals surface area contributed by atoms with Gasteiger partial charge in [-0.3, -0.25) is 9.79 Å². The number of thioether (sulfide) groups is 1. The van der Waals surface area contributed by atoms with Crippen LogP contribution in [0.5, 0.6) is 0 Å². The van der Waals surface area contributed by atoms with Gasteiger partial charge in [-0.15, -0.1) is 0 Å². The van der Waals surface area contributed by atoms with E-state index in [1.54, 1.807) is 24.2 Å². The minimum Gasteiger partial charge on any atom is -0.379 e. The van der Waals surface area contributed by atoms with Crippen molar-refractivity contribution in [3.8, 4) is 0 Å². The summed E-state index contributed by atoms with van der Waals surface area (Å²) in [4.78, 5) is 31.1. The number of nitrogens with two attached hydrogens (primary N) is 2. The number of fused-ring (bicyclic) bond motifs is 1. The van der Waals surface area contributed by atoms with Gasteiger partial charge in [-0.05, 0) is 62.0 Å². The number of amides is 1. The molecule has 0 bridgehead atoms. The molecule has 1 amide bonds. The molecule has 1 atom stereocenters. The molecule has 3 aliphatic heterocycles. The van der Waals surface area contributed by atoms with E-state index in [2.05, 4.69) is 47.4 Å². The van der Waals surface area contributed by atoms with Crippen molar-refractivity contribution in [2.24, 2.45) is 16.5 Å². The standard InChI is InChI=1S/C28H35N7OS/c1-4-19(27(36)34-9-6-22(29)7-10-34)12-21-15-35(8-5-17(21)2)26-23-13-20(24-14-31-28(30)37-24)11-18(3)25(23)32-16-33-26/h4,11-13,16,22,24H,1,5-10,14-15,29H2,2-3H3,(H2,30,31). The van der Waals surface area contributed by atoms with E-state index in [0.717, 1.165) is 53.7 Å². The lowest BCUT2D eigenvalue weighted by atomic mass is 9.97. The van der Waals surface area contributed by atoms with Gasteiger partial charge >= 0.3 is 0 Å². The van der Waals surface area contributed by atoms with Crippen LogP contribution in [-0.2, 0) is 4.79 Å². The maximum absolute atomic E-state index is 13.2. The van der Waals surface area contributed by atoms with E-state index in [-0.39, 0.29) is 17.2 Å². The normalized spacial score (nSPS) is 21.5. The summed E-state index contributed by atoms with van der Waals surface area (Å²) >= 11 is 1.61. The molecule has 1 unspecified atom stereocenters. The van der Waals surface area contributed by atoms with E-state index in [1.807, 2.05) is 11.0 Å². The van der Waals surface area contributed by atoms with Crippen molar-refractivity contribution in [2.45, 2.75) is 44.4 Å². The van der Waals surface area contributed by atoms with Gasteiger partial charge in [-0.25, -0.2) is 9.97 Å². The number of piperidine rings is 1. The smallest absolute Gasteiger partial charge is 0.253 e. The Morgan fingerprint density at radius 2 is 1.97 bits per heavy atom. The molecule has 1 fully saturated rings. The number of amidine groups is 1. The molecule has 0 radical (unpaired) electrons. The number of rotatable bonds is 5. The third-order valence-electron chi connectivity index (χ3n) is 7.57. The second kappa shape index (κ2) is 10.7. The molecule has 1 aromatic heterocycles. The Bertz CT molecular complexity index is 1320. The maximum Gasteiger partial charge on any atom is 0.253 e. The summed E-state index contributed by atoms with van der Waals surface area (Å²) in [5.41, 5.74) is 18.3. The van der Waals surface area contributed by atoms with Crippen LogP contribution >= 0.6 is 11.8 Å². The highest BCUT2D eigenvalue weighted by molar-refractivity contribution is 8.14. The molecule has 1 aromatic carbocycles. The van der Waals surface area contributed by atoms with Gasteiger partial charge in [0.1, 0.15) is 12.1 Å². The molecule has 0 spiro atoms. The number of aromatic nitrogens is 2. The summed E-state index contributed by atoms with van der Waals surface area (Å²) in [7, 11) is 0. The van der Waals surface area contributed by atoms with Crippen LogP contribution in [0.15, 0.2) is 58.9 Å². The molecule has 4 N–H and O–H groups in total. The van der Waals surface area contributed by atoms with Crippen molar-refractivity contribution in [2.75, 3.05) is 37.6 Å². The number of benzene rings is 1. The fourth-order valence-electron chi connectivity index (χ4n) is 5.28. The van der Waals surface area contributed by atoms with E-state index in [4.69, 9.17) is 16.5 Å². The summed E-state index contributed by atoms with van der Waals surface area (Å²) in [6.45, 7) is 11.8. The molecule has 1 saturated heterocycles. The number of carbonyl (C=O) groups is 1. The lowest BCUT2D eigenvalue weighted by Crippen LogP contribution is -2.43. The molecule has 9 heteroatoms. The molecule has 0 aliphatic carbocycles. The molecule has 0 saturated carbocycles. The Hall–Kier alpha value is -3.17. The van der Waals surface area contributed by atoms with Gasteiger partial charge in [0.2, 0.25) is 0 Å². The van der Waals surface area contributed by atoms with Crippen LogP contribution in [-0.4, -0.2) is 64.7 Å². The minimum absolute atomic E-state index is 0.0302. The van der Waals surface area contributed by atoms with Gasteiger partial charge in [0, 0.05) is 43.2 Å². The Morgan fingerprint density at radius 3 is 2.68 bits per heavy atom. The Morgan fingerprint density at radius 1 is 1.19 bits per heavy atom. The maximum atomic E-state index is 13.2. The Balaban J connectivity index is 1.43. The fourth-order valence-corrected chi connectivity index (χ4v) is 6.14. The van der Waals surface area contributed by atoms with E-state index >= 15 is 0 Å². The third-order valence-corrected chi connectivity index (χ3v) is 8.64. The number of likely N-dealkylation sites (tertiary alicyclic amines) is 1. The average Bonchev–Trinajstić information content (AvgIpc) is 3.34. The van der Waals surface area contributed by atoms with Gasteiger partial charge in [0.05, 0.1) is 17.3 Å². The molecule has 5 rings (SSSR count). The van der Waals surface area contributed by atoms with Crippen molar-refractivity contribution in [1.29, 1.82) is 0 Å². The highest BCUT2D eigenvalue weighted by Crippen LogP contribution is 2.38. The minimum atomic E-state index is 0.0302. The van der Waals surface area contributed by atoms with Crippen LogP contribution in [0.2, 0.25) is 0 Å². The molecule has 3 aliphatic rings. The van der Waals surface area contributed by atoms with Crippen LogP contribution in [0.25, 0.3) is 10.9 Å². The number of carbonyl (C=O) groups excluding carboxylic acids is 1. The fraction of sp³-hybridized carbons (Fsp3) is 0.429. The number of aliphatic imine (C=N–C) groups is 1. The van der Waals surface area contributed by atoms with Gasteiger partial charge in [-0.1, -0.05) is 36.1 Å². The third kappa shape index (κ3) is 5.29. The molecule has 194 valence electrons. The molecule has 4 heterocycles. The highest BCUT2D eigenvalue weighted by Gasteiger charge is 2.26. The number of hydrogen-bond donors (Lipinski definition) is 2. The van der Waals surface area contributed by atoms with E-state index in [9.17, 15) is 4.79 Å². The SMILES string of the molecule is C=CC(=CC1=C(C)CCN(c2ncnc3c(C)cc(C4CN=C(N)S4)cc23)C1)C(=O)N1CCC(N)CC1. The number of hydrogen-bond acceptors (Lipinski definition) is 8. The van der Waals surface area contributed by atoms with Gasteiger partial charge in [-0.2, -0.15) is 0 Å². The largest absolute Gasteiger partial charge is 0.379 e. The van der Waals surface area contributed by atoms with Gasteiger partial charge < -0.3 is 21.3 Å². The monoisotopic (exact) mass is 517 g/mol. The summed E-state index contributed by atoms with van der Waals surface area (Å²) in [6, 6.07) is 4.57. The zero-order valence-corrected chi connectivity index (χ0v) is 22.4. The summed E-state index contributed by atoms with van der Waals surface area (Å²) in [6.07, 6.45) is 7.92. The first-order valence-electron chi connectivity index (χ1n) is 12.9. The zero-order valence-electron chi connectivity index (χ0n) is 21.6. The first kappa shape index (κ1) is 25.5. The van der Waals surface area contributed by atoms with Gasteiger partial charge in [0.25, 0.3) is 5.91 Å². The van der Waals surface area contributed by atoms with E-state index in [0.29, 0.717) is 36.9 Å². The number of nitrogens with zero attached hydrogens (tertiary/aromatic N) is 5. The first-order chi connectivity index (χ1) is 17.8. The zero-order chi connectivity index (χ0) is 26.1. The molecular weight excluding hydrogens is 482 g/mol. The molecule has 2 aromatic rings. The lowest BCUT2D eigenvalue weighted by molar-refractivity contribution is -0.127. The predicted octanol–water partition coefficient (Wildman–Crippen LogP) is 3.63. The summed E-state index contributed by atoms with van der Waals surface area (Å²) in [5, 5.41) is 1.89. The first-order valence-corrected chi connectivity index (χ1v) is 13.8. The molecule has 37 heavy (non-hydrogen) atoms. The highest BCUT2D eigenvalue weighted by atomic mass is 32.2. The van der Waals surface area contributed by atoms with Crippen molar-refractivity contribution in [3.05, 3.63) is 65.0 Å². The molecular formula is C28H35N7OS. The van der Waals surface area contributed by atoms with Gasteiger partial charge in [0.15, 0.2) is 5.17 Å². The average molecular weight is 518 g/mol. The predicted molar refractivity (Wildman–Crippen MR) is 153 cm³/mol. The van der Waals surface area contributed by atoms with Crippen LogP contribution in [0.4, 0.5) is 5.82 Å². The van der Waals surface area contributed by atoms with Crippen molar-refractivity contribution < 1.29 is 4.79 Å². The van der Waals surface area contributed by atoms with E-state index < -0.39 is 0 Å². The Labute approximate surface area is 222 Å². The van der Waals surface area contributed by atoms with Crippen molar-refractivity contribution in [1.82, 2.24) is 14.9 Å². The van der Waals surface area contributed by atoms with Crippen molar-refractivity contribution in [3.63, 3.8) is 0 Å². The summed E-state index contributed by atoms with van der Waals surface area (Å²) < 4.78 is 0. The quantitative estimate of drug-likeness (QED) is 0.460. The number of anilines is 1. The lowest BCUT2D eigenvalue weighted by Gasteiger charge is -2.32. The molecule has 8 nitrogen and oxygen atoms in total.